The zero-order valence-electron chi connectivity index (χ0n) is 9.85. The van der Waals surface area contributed by atoms with E-state index in [1.54, 1.807) is 0 Å². The number of H-pyrrole nitrogens is 1. The maximum Gasteiger partial charge on any atom is 0.357 e. The molecular weight excluding hydrogens is 304 g/mol. The average Bonchev–Trinajstić information content (AvgIpc) is 2.33. The molecule has 0 spiro atoms. The van der Waals surface area contributed by atoms with Gasteiger partial charge in [0.25, 0.3) is 5.43 Å². The second-order valence-corrected chi connectivity index (χ2v) is 5.06. The summed E-state index contributed by atoms with van der Waals surface area (Å²) in [6.45, 7) is 2.95. The zero-order valence-corrected chi connectivity index (χ0v) is 11.4. The monoisotopic (exact) mass is 316 g/mol. The number of nitro groups is 1. The van der Waals surface area contributed by atoms with Crippen molar-refractivity contribution >= 4 is 27.4 Å². The maximum atomic E-state index is 11.8. The molecule has 2 rings (SSSR count). The number of aromatic nitrogens is 1. The smallest absolute Gasteiger partial charge is 0.350 e. The summed E-state index contributed by atoms with van der Waals surface area (Å²) in [5, 5.41) is 11.0. The van der Waals surface area contributed by atoms with Crippen molar-refractivity contribution in [3.8, 4) is 0 Å². The number of nitrogens with one attached hydrogen (secondary N) is 1. The molecule has 1 aliphatic heterocycles. The van der Waals surface area contributed by atoms with Gasteiger partial charge in [-0.1, -0.05) is 0 Å². The first-order chi connectivity index (χ1) is 8.50. The highest BCUT2D eigenvalue weighted by molar-refractivity contribution is 9.10. The van der Waals surface area contributed by atoms with Crippen LogP contribution in [0.2, 0.25) is 0 Å². The molecule has 0 amide bonds. The first kappa shape index (κ1) is 13.0. The maximum absolute atomic E-state index is 11.8. The van der Waals surface area contributed by atoms with Crippen molar-refractivity contribution in [3.05, 3.63) is 31.0 Å². The van der Waals surface area contributed by atoms with Crippen LogP contribution >= 0.6 is 15.9 Å². The zero-order chi connectivity index (χ0) is 13.3. The number of anilines is 1. The van der Waals surface area contributed by atoms with Crippen LogP contribution in [0.5, 0.6) is 0 Å². The van der Waals surface area contributed by atoms with Crippen LogP contribution < -0.4 is 10.3 Å². The summed E-state index contributed by atoms with van der Waals surface area (Å²) in [7, 11) is 2.00. The molecule has 1 aliphatic rings. The number of nitrogens with zero attached hydrogens (tertiary/aromatic N) is 3. The van der Waals surface area contributed by atoms with Gasteiger partial charge >= 0.3 is 5.69 Å². The molecule has 7 nitrogen and oxygen atoms in total. The third kappa shape index (κ3) is 2.39. The third-order valence-corrected chi connectivity index (χ3v) is 3.58. The summed E-state index contributed by atoms with van der Waals surface area (Å²) < 4.78 is 0.173. The molecule has 98 valence electrons. The second-order valence-electron chi connectivity index (χ2n) is 4.21. The van der Waals surface area contributed by atoms with Crippen molar-refractivity contribution in [3.63, 3.8) is 0 Å². The summed E-state index contributed by atoms with van der Waals surface area (Å²) in [5.74, 6) is 0.293. The molecule has 1 fully saturated rings. The van der Waals surface area contributed by atoms with Crippen LogP contribution in [0.3, 0.4) is 0 Å². The van der Waals surface area contributed by atoms with Crippen molar-refractivity contribution in [1.82, 2.24) is 9.88 Å². The van der Waals surface area contributed by atoms with Crippen molar-refractivity contribution < 1.29 is 4.92 Å². The lowest BCUT2D eigenvalue weighted by molar-refractivity contribution is -0.385. The number of hydrogen-bond acceptors (Lipinski definition) is 5. The summed E-state index contributed by atoms with van der Waals surface area (Å²) in [4.78, 5) is 29.0. The lowest BCUT2D eigenvalue weighted by Gasteiger charge is -2.33. The van der Waals surface area contributed by atoms with Crippen LogP contribution in [0.4, 0.5) is 11.5 Å². The number of hydrogen-bond donors (Lipinski definition) is 1. The first-order valence-electron chi connectivity index (χ1n) is 5.49. The van der Waals surface area contributed by atoms with Gasteiger partial charge in [0.05, 0.1) is 9.40 Å². The van der Waals surface area contributed by atoms with E-state index in [9.17, 15) is 14.9 Å². The lowest BCUT2D eigenvalue weighted by Crippen LogP contribution is -2.45. The van der Waals surface area contributed by atoms with E-state index in [0.717, 1.165) is 13.1 Å². The Morgan fingerprint density at radius 2 is 2.00 bits per heavy atom. The summed E-state index contributed by atoms with van der Waals surface area (Å²) in [6.07, 6.45) is 1.45. The summed E-state index contributed by atoms with van der Waals surface area (Å²) in [6, 6.07) is 0. The van der Waals surface area contributed by atoms with Crippen LogP contribution in [0, 0.1) is 10.1 Å². The van der Waals surface area contributed by atoms with Gasteiger partial charge in [-0.25, -0.2) is 0 Å². The Hall–Kier alpha value is -1.41. The van der Waals surface area contributed by atoms with E-state index in [-0.39, 0.29) is 4.47 Å². The average molecular weight is 317 g/mol. The molecule has 0 aromatic carbocycles. The molecule has 0 radical (unpaired) electrons. The number of aromatic amines is 1. The minimum atomic E-state index is -0.628. The van der Waals surface area contributed by atoms with E-state index in [1.807, 2.05) is 11.9 Å². The molecule has 1 aromatic rings. The SMILES string of the molecule is CN1CCN(c2[nH]cc(Br)c(=O)c2[N+](=O)[O-])CC1. The highest BCUT2D eigenvalue weighted by Crippen LogP contribution is 2.24. The summed E-state index contributed by atoms with van der Waals surface area (Å²) in [5.41, 5.74) is -0.985. The fraction of sp³-hybridized carbons (Fsp3) is 0.500. The highest BCUT2D eigenvalue weighted by atomic mass is 79.9. The Bertz CT molecular complexity index is 522. The van der Waals surface area contributed by atoms with Gasteiger partial charge in [0.15, 0.2) is 5.82 Å². The largest absolute Gasteiger partial charge is 0.357 e. The molecule has 8 heteroatoms. The molecule has 0 saturated carbocycles. The van der Waals surface area contributed by atoms with Crippen LogP contribution in [-0.2, 0) is 0 Å². The number of piperazine rings is 1. The second kappa shape index (κ2) is 5.07. The number of likely N-dealkylation sites (N-methyl/N-ethyl adjacent to an activating group) is 1. The van der Waals surface area contributed by atoms with E-state index in [1.165, 1.54) is 6.20 Å². The van der Waals surface area contributed by atoms with Crippen LogP contribution in [-0.4, -0.2) is 48.0 Å². The molecule has 0 bridgehead atoms. The van der Waals surface area contributed by atoms with Crippen molar-refractivity contribution in [2.24, 2.45) is 0 Å². The fourth-order valence-electron chi connectivity index (χ4n) is 1.93. The normalized spacial score (nSPS) is 16.9. The highest BCUT2D eigenvalue weighted by Gasteiger charge is 2.27. The molecule has 1 aromatic heterocycles. The molecule has 0 atom stereocenters. The van der Waals surface area contributed by atoms with Gasteiger partial charge in [-0.2, -0.15) is 0 Å². The van der Waals surface area contributed by atoms with Gasteiger partial charge in [-0.15, -0.1) is 0 Å². The quantitative estimate of drug-likeness (QED) is 0.644. The minimum absolute atomic E-state index is 0.173. The third-order valence-electron chi connectivity index (χ3n) is 2.99. The predicted octanol–water partition coefficient (Wildman–Crippen LogP) is 0.797. The van der Waals surface area contributed by atoms with E-state index in [0.29, 0.717) is 18.9 Å². The Labute approximate surface area is 112 Å². The Kier molecular flexibility index (Phi) is 3.67. The van der Waals surface area contributed by atoms with E-state index in [4.69, 9.17) is 0 Å². The Morgan fingerprint density at radius 3 is 2.56 bits per heavy atom. The van der Waals surface area contributed by atoms with E-state index >= 15 is 0 Å². The first-order valence-corrected chi connectivity index (χ1v) is 6.29. The molecule has 1 N–H and O–H groups in total. The molecule has 2 heterocycles. The van der Waals surface area contributed by atoms with Gasteiger partial charge in [-0.05, 0) is 23.0 Å². The predicted molar refractivity (Wildman–Crippen MR) is 71.1 cm³/mol. The van der Waals surface area contributed by atoms with Gasteiger partial charge in [0, 0.05) is 32.4 Å². The van der Waals surface area contributed by atoms with Crippen LogP contribution in [0.15, 0.2) is 15.5 Å². The molecule has 1 saturated heterocycles. The number of rotatable bonds is 2. The van der Waals surface area contributed by atoms with Crippen LogP contribution in [0.25, 0.3) is 0 Å². The Balaban J connectivity index is 2.42. The lowest BCUT2D eigenvalue weighted by atomic mass is 10.3. The van der Waals surface area contributed by atoms with Crippen molar-refractivity contribution in [2.45, 2.75) is 0 Å². The van der Waals surface area contributed by atoms with Gasteiger partial charge in [-0.3, -0.25) is 14.9 Å². The van der Waals surface area contributed by atoms with Gasteiger partial charge in [0.2, 0.25) is 0 Å². The van der Waals surface area contributed by atoms with Crippen LogP contribution in [0.1, 0.15) is 0 Å². The van der Waals surface area contributed by atoms with Crippen molar-refractivity contribution in [2.75, 3.05) is 38.1 Å². The van der Waals surface area contributed by atoms with E-state index < -0.39 is 16.0 Å². The molecule has 0 aliphatic carbocycles. The molecular formula is C10H13BrN4O3. The topological polar surface area (TPSA) is 82.5 Å². The molecule has 18 heavy (non-hydrogen) atoms. The minimum Gasteiger partial charge on any atom is -0.350 e. The summed E-state index contributed by atoms with van der Waals surface area (Å²) >= 11 is 3.01. The van der Waals surface area contributed by atoms with Gasteiger partial charge < -0.3 is 14.8 Å². The van der Waals surface area contributed by atoms with Crippen molar-refractivity contribution in [1.29, 1.82) is 0 Å². The number of pyridine rings is 1. The number of halogens is 1. The standard InChI is InChI=1S/C10H13BrN4O3/c1-13-2-4-14(5-3-13)10-8(15(17)18)9(16)7(11)6-12-10/h6H,2-5H2,1H3,(H,12,16). The fourth-order valence-corrected chi connectivity index (χ4v) is 2.23. The van der Waals surface area contributed by atoms with E-state index in [2.05, 4.69) is 25.8 Å². The Morgan fingerprint density at radius 1 is 1.39 bits per heavy atom. The molecule has 0 unspecified atom stereocenters. The van der Waals surface area contributed by atoms with Gasteiger partial charge in [0.1, 0.15) is 0 Å².